The first-order chi connectivity index (χ1) is 13.6. The number of carbonyl (C=O) groups is 1. The van der Waals surface area contributed by atoms with E-state index in [-0.39, 0.29) is 18.3 Å². The Balaban J connectivity index is 1.40. The number of halogens is 2. The third-order valence-corrected chi connectivity index (χ3v) is 4.53. The maximum atomic E-state index is 12.4. The summed E-state index contributed by atoms with van der Waals surface area (Å²) in [5, 5.41) is 7.78. The number of ether oxygens (including phenoxy) is 3. The topological polar surface area (TPSA) is 74.6 Å². The van der Waals surface area contributed by atoms with Gasteiger partial charge in [-0.2, -0.15) is 5.10 Å². The molecule has 0 radical (unpaired) electrons. The highest BCUT2D eigenvalue weighted by Crippen LogP contribution is 2.33. The van der Waals surface area contributed by atoms with E-state index < -0.39 is 0 Å². The van der Waals surface area contributed by atoms with Crippen molar-refractivity contribution in [1.29, 1.82) is 0 Å². The molecule has 28 heavy (non-hydrogen) atoms. The van der Waals surface area contributed by atoms with Gasteiger partial charge in [-0.1, -0.05) is 29.3 Å². The van der Waals surface area contributed by atoms with E-state index in [1.807, 2.05) is 0 Å². The molecule has 2 heterocycles. The third-order valence-electron chi connectivity index (χ3n) is 3.93. The van der Waals surface area contributed by atoms with Crippen molar-refractivity contribution < 1.29 is 19.0 Å². The quantitative estimate of drug-likeness (QED) is 0.668. The van der Waals surface area contributed by atoms with Crippen molar-refractivity contribution in [3.8, 4) is 17.2 Å². The summed E-state index contributed by atoms with van der Waals surface area (Å²) in [6, 6.07) is 11.9. The fourth-order valence-corrected chi connectivity index (χ4v) is 3.13. The minimum absolute atomic E-state index is 0.0563. The molecule has 0 saturated carbocycles. The highest BCUT2D eigenvalue weighted by atomic mass is 35.5. The molecular formula is C19H15Cl2N3O4. The monoisotopic (exact) mass is 419 g/mol. The van der Waals surface area contributed by atoms with Crippen molar-refractivity contribution in [1.82, 2.24) is 9.78 Å². The average molecular weight is 420 g/mol. The Morgan fingerprint density at radius 1 is 1.11 bits per heavy atom. The summed E-state index contributed by atoms with van der Waals surface area (Å²) in [5.41, 5.74) is 0.826. The first kappa shape index (κ1) is 18.5. The summed E-state index contributed by atoms with van der Waals surface area (Å²) >= 11 is 12.1. The van der Waals surface area contributed by atoms with E-state index >= 15 is 0 Å². The number of para-hydroxylation sites is 1. The zero-order valence-electron chi connectivity index (χ0n) is 14.5. The molecule has 0 fully saturated rings. The number of hydrogen-bond donors (Lipinski definition) is 1. The zero-order valence-corrected chi connectivity index (χ0v) is 16.0. The number of nitrogens with one attached hydrogen (secondary N) is 1. The summed E-state index contributed by atoms with van der Waals surface area (Å²) in [6.07, 6.45) is 1.63. The Bertz CT molecular complexity index is 1000. The largest absolute Gasteiger partial charge is 0.486 e. The van der Waals surface area contributed by atoms with Gasteiger partial charge in [0.15, 0.2) is 29.7 Å². The van der Waals surface area contributed by atoms with Crippen LogP contribution in [0.15, 0.2) is 48.7 Å². The molecule has 0 bridgehead atoms. The second-order valence-electron chi connectivity index (χ2n) is 5.88. The van der Waals surface area contributed by atoms with Crippen LogP contribution in [0.3, 0.4) is 0 Å². The number of benzene rings is 2. The molecule has 4 rings (SSSR count). The number of hydrogen-bond acceptors (Lipinski definition) is 5. The molecule has 0 unspecified atom stereocenters. The van der Waals surface area contributed by atoms with Gasteiger partial charge < -0.3 is 19.5 Å². The summed E-state index contributed by atoms with van der Waals surface area (Å²) in [5.74, 6) is 1.26. The molecule has 1 amide bonds. The van der Waals surface area contributed by atoms with Crippen molar-refractivity contribution in [3.63, 3.8) is 0 Å². The third kappa shape index (κ3) is 4.00. The Kier molecular flexibility index (Phi) is 5.27. The van der Waals surface area contributed by atoms with Gasteiger partial charge in [-0.25, -0.2) is 4.68 Å². The maximum absolute atomic E-state index is 12.4. The van der Waals surface area contributed by atoms with Crippen molar-refractivity contribution in [2.45, 2.75) is 6.73 Å². The predicted octanol–water partition coefficient (Wildman–Crippen LogP) is 4.25. The Morgan fingerprint density at radius 3 is 2.64 bits per heavy atom. The number of aromatic nitrogens is 2. The van der Waals surface area contributed by atoms with Gasteiger partial charge in [0, 0.05) is 18.0 Å². The van der Waals surface area contributed by atoms with E-state index in [0.717, 1.165) is 0 Å². The molecule has 144 valence electrons. The smallest absolute Gasteiger partial charge is 0.276 e. The van der Waals surface area contributed by atoms with Gasteiger partial charge in [-0.15, -0.1) is 0 Å². The van der Waals surface area contributed by atoms with Crippen molar-refractivity contribution in [3.05, 3.63) is 64.4 Å². The molecule has 3 aromatic rings. The van der Waals surface area contributed by atoms with Crippen LogP contribution in [0.2, 0.25) is 10.0 Å². The van der Waals surface area contributed by atoms with Crippen LogP contribution in [0.4, 0.5) is 5.69 Å². The summed E-state index contributed by atoms with van der Waals surface area (Å²) in [4.78, 5) is 12.4. The van der Waals surface area contributed by atoms with Crippen LogP contribution in [-0.4, -0.2) is 28.9 Å². The molecule has 0 atom stereocenters. The standard InChI is InChI=1S/C19H15Cl2N3O4/c20-13-2-1-3-14(21)18(13)28-11-24-7-6-15(23-24)19(25)22-12-4-5-16-17(10-12)27-9-8-26-16/h1-7,10H,8-9,11H2,(H,22,25). The van der Waals surface area contributed by atoms with E-state index in [1.54, 1.807) is 48.7 Å². The van der Waals surface area contributed by atoms with Gasteiger partial charge in [0.05, 0.1) is 10.0 Å². The van der Waals surface area contributed by atoms with E-state index in [2.05, 4.69) is 10.4 Å². The molecule has 0 spiro atoms. The molecule has 0 saturated heterocycles. The van der Waals surface area contributed by atoms with E-state index in [0.29, 0.717) is 46.2 Å². The van der Waals surface area contributed by atoms with Gasteiger partial charge in [0.2, 0.25) is 0 Å². The lowest BCUT2D eigenvalue weighted by atomic mass is 10.2. The first-order valence-electron chi connectivity index (χ1n) is 8.41. The second-order valence-corrected chi connectivity index (χ2v) is 6.69. The minimum atomic E-state index is -0.355. The van der Waals surface area contributed by atoms with E-state index in [4.69, 9.17) is 37.4 Å². The lowest BCUT2D eigenvalue weighted by Gasteiger charge is -2.18. The maximum Gasteiger partial charge on any atom is 0.276 e. The number of nitrogens with zero attached hydrogens (tertiary/aromatic N) is 2. The number of amides is 1. The van der Waals surface area contributed by atoms with Crippen LogP contribution in [0.5, 0.6) is 17.2 Å². The molecule has 7 nitrogen and oxygen atoms in total. The number of rotatable bonds is 5. The average Bonchev–Trinajstić information content (AvgIpc) is 3.17. The molecule has 1 aliphatic rings. The number of carbonyl (C=O) groups excluding carboxylic acids is 1. The van der Waals surface area contributed by atoms with Crippen molar-refractivity contribution >= 4 is 34.8 Å². The summed E-state index contributed by atoms with van der Waals surface area (Å²) < 4.78 is 18.1. The van der Waals surface area contributed by atoms with Gasteiger partial charge in [0.1, 0.15) is 13.2 Å². The highest BCUT2D eigenvalue weighted by molar-refractivity contribution is 6.37. The van der Waals surface area contributed by atoms with Crippen LogP contribution in [0, 0.1) is 0 Å². The summed E-state index contributed by atoms with van der Waals surface area (Å²) in [7, 11) is 0. The summed E-state index contributed by atoms with van der Waals surface area (Å²) in [6.45, 7) is 1.04. The second kappa shape index (κ2) is 8.00. The zero-order chi connectivity index (χ0) is 19.5. The van der Waals surface area contributed by atoms with Crippen LogP contribution in [0.1, 0.15) is 10.5 Å². The Hall–Kier alpha value is -2.90. The number of anilines is 1. The van der Waals surface area contributed by atoms with Crippen LogP contribution in [-0.2, 0) is 6.73 Å². The molecule has 1 aromatic heterocycles. The van der Waals surface area contributed by atoms with Crippen LogP contribution in [0.25, 0.3) is 0 Å². The fraction of sp³-hybridized carbons (Fsp3) is 0.158. The first-order valence-corrected chi connectivity index (χ1v) is 9.17. The molecule has 0 aliphatic carbocycles. The van der Waals surface area contributed by atoms with Crippen LogP contribution >= 0.6 is 23.2 Å². The van der Waals surface area contributed by atoms with Gasteiger partial charge in [-0.3, -0.25) is 4.79 Å². The molecule has 9 heteroatoms. The molecule has 1 N–H and O–H groups in total. The molecular weight excluding hydrogens is 405 g/mol. The van der Waals surface area contributed by atoms with Crippen molar-refractivity contribution in [2.24, 2.45) is 0 Å². The van der Waals surface area contributed by atoms with Gasteiger partial charge >= 0.3 is 0 Å². The lowest BCUT2D eigenvalue weighted by molar-refractivity contribution is 0.102. The van der Waals surface area contributed by atoms with E-state index in [9.17, 15) is 4.79 Å². The Labute approximate surface area is 170 Å². The van der Waals surface area contributed by atoms with Crippen molar-refractivity contribution in [2.75, 3.05) is 18.5 Å². The Morgan fingerprint density at radius 2 is 1.86 bits per heavy atom. The van der Waals surface area contributed by atoms with Gasteiger partial charge in [-0.05, 0) is 30.3 Å². The predicted molar refractivity (Wildman–Crippen MR) is 105 cm³/mol. The lowest BCUT2D eigenvalue weighted by Crippen LogP contribution is -2.17. The van der Waals surface area contributed by atoms with E-state index in [1.165, 1.54) is 4.68 Å². The normalized spacial score (nSPS) is 12.5. The highest BCUT2D eigenvalue weighted by Gasteiger charge is 2.15. The van der Waals surface area contributed by atoms with Crippen LogP contribution < -0.4 is 19.5 Å². The SMILES string of the molecule is O=C(Nc1ccc2c(c1)OCCO2)c1ccn(COc2c(Cl)cccc2Cl)n1. The molecule has 1 aliphatic heterocycles. The fourth-order valence-electron chi connectivity index (χ4n) is 2.62. The minimum Gasteiger partial charge on any atom is -0.486 e. The van der Waals surface area contributed by atoms with Gasteiger partial charge in [0.25, 0.3) is 5.91 Å². The molecule has 2 aromatic carbocycles. The number of fused-ring (bicyclic) bond motifs is 1.